The van der Waals surface area contributed by atoms with Crippen LogP contribution in [0.3, 0.4) is 0 Å². The minimum Gasteiger partial charge on any atom is -0.497 e. The molecule has 1 unspecified atom stereocenters. The summed E-state index contributed by atoms with van der Waals surface area (Å²) >= 11 is 1.37. The molecule has 0 bridgehead atoms. The number of carbonyl (C=O) groups is 1. The van der Waals surface area contributed by atoms with Gasteiger partial charge in [0.15, 0.2) is 5.78 Å². The third-order valence-corrected chi connectivity index (χ3v) is 4.58. The predicted molar refractivity (Wildman–Crippen MR) is 72.9 cm³/mol. The van der Waals surface area contributed by atoms with E-state index in [1.54, 1.807) is 37.4 Å². The van der Waals surface area contributed by atoms with E-state index in [0.717, 1.165) is 0 Å². The highest BCUT2D eigenvalue weighted by atomic mass is 32.2. The summed E-state index contributed by atoms with van der Waals surface area (Å²) in [4.78, 5) is 13.1. The zero-order valence-corrected chi connectivity index (χ0v) is 11.4. The lowest BCUT2D eigenvalue weighted by Gasteiger charge is -2.03. The van der Waals surface area contributed by atoms with Crippen LogP contribution >= 0.6 is 11.3 Å². The maximum absolute atomic E-state index is 12.1. The molecule has 0 radical (unpaired) electrons. The van der Waals surface area contributed by atoms with E-state index in [-0.39, 0.29) is 11.5 Å². The molecule has 0 N–H and O–H groups in total. The van der Waals surface area contributed by atoms with Crippen LogP contribution in [0, 0.1) is 0 Å². The number of methoxy groups -OCH3 is 1. The van der Waals surface area contributed by atoms with E-state index < -0.39 is 10.8 Å². The van der Waals surface area contributed by atoms with Crippen LogP contribution in [0.15, 0.2) is 46.7 Å². The summed E-state index contributed by atoms with van der Waals surface area (Å²) in [5.41, 5.74) is 0. The van der Waals surface area contributed by atoms with Gasteiger partial charge in [-0.2, -0.15) is 0 Å². The number of thiophene rings is 1. The molecular formula is C13H12O3S2. The Bertz CT molecular complexity index is 561. The van der Waals surface area contributed by atoms with Crippen molar-refractivity contribution in [1.82, 2.24) is 0 Å². The van der Waals surface area contributed by atoms with Gasteiger partial charge in [0.05, 0.1) is 28.5 Å². The number of rotatable bonds is 5. The molecule has 1 aromatic carbocycles. The first kappa shape index (κ1) is 13.0. The van der Waals surface area contributed by atoms with Crippen LogP contribution in [0.2, 0.25) is 0 Å². The van der Waals surface area contributed by atoms with Crippen molar-refractivity contribution in [1.29, 1.82) is 0 Å². The molecule has 18 heavy (non-hydrogen) atoms. The number of hydrogen-bond donors (Lipinski definition) is 0. The quantitative estimate of drug-likeness (QED) is 0.791. The normalized spacial score (nSPS) is 12.1. The van der Waals surface area contributed by atoms with Gasteiger partial charge in [-0.05, 0) is 29.6 Å². The molecular weight excluding hydrogens is 268 g/mol. The number of ether oxygens (including phenoxy) is 1. The van der Waals surface area contributed by atoms with E-state index in [2.05, 4.69) is 0 Å². The molecule has 1 aromatic heterocycles. The maximum Gasteiger partial charge on any atom is 0.185 e. The Hall–Kier alpha value is -1.46. The second-order valence-electron chi connectivity index (χ2n) is 3.57. The van der Waals surface area contributed by atoms with Crippen molar-refractivity contribution in [3.63, 3.8) is 0 Å². The van der Waals surface area contributed by atoms with Gasteiger partial charge in [0.25, 0.3) is 0 Å². The van der Waals surface area contributed by atoms with Crippen LogP contribution in [0.4, 0.5) is 0 Å². The molecule has 0 aliphatic carbocycles. The topological polar surface area (TPSA) is 43.4 Å². The van der Waals surface area contributed by atoms with Gasteiger partial charge < -0.3 is 4.74 Å². The second-order valence-corrected chi connectivity index (χ2v) is 5.97. The maximum atomic E-state index is 12.1. The Kier molecular flexibility index (Phi) is 4.28. The third kappa shape index (κ3) is 3.05. The average molecular weight is 280 g/mol. The Morgan fingerprint density at radius 3 is 2.83 bits per heavy atom. The summed E-state index contributed by atoms with van der Waals surface area (Å²) in [5.74, 6) is 0.559. The lowest BCUT2D eigenvalue weighted by molar-refractivity contribution is 0.102. The van der Waals surface area contributed by atoms with E-state index in [0.29, 0.717) is 15.5 Å². The van der Waals surface area contributed by atoms with E-state index in [1.165, 1.54) is 11.3 Å². The van der Waals surface area contributed by atoms with Crippen molar-refractivity contribution in [2.45, 2.75) is 4.90 Å². The summed E-state index contributed by atoms with van der Waals surface area (Å²) < 4.78 is 17.1. The zero-order valence-electron chi connectivity index (χ0n) is 9.79. The molecule has 94 valence electrons. The van der Waals surface area contributed by atoms with Crippen molar-refractivity contribution < 1.29 is 13.7 Å². The zero-order chi connectivity index (χ0) is 13.0. The van der Waals surface area contributed by atoms with Crippen molar-refractivity contribution >= 4 is 27.9 Å². The van der Waals surface area contributed by atoms with Crippen LogP contribution in [0.1, 0.15) is 9.67 Å². The van der Waals surface area contributed by atoms with Gasteiger partial charge in [-0.15, -0.1) is 11.3 Å². The van der Waals surface area contributed by atoms with Gasteiger partial charge in [-0.1, -0.05) is 12.1 Å². The largest absolute Gasteiger partial charge is 0.497 e. The number of hydrogen-bond acceptors (Lipinski definition) is 4. The summed E-state index contributed by atoms with van der Waals surface area (Å²) in [7, 11) is 0.222. The van der Waals surface area contributed by atoms with E-state index in [4.69, 9.17) is 4.74 Å². The summed E-state index contributed by atoms with van der Waals surface area (Å²) in [6, 6.07) is 10.5. The molecule has 0 saturated heterocycles. The van der Waals surface area contributed by atoms with Crippen LogP contribution in [-0.2, 0) is 10.8 Å². The van der Waals surface area contributed by atoms with Crippen LogP contribution < -0.4 is 4.74 Å². The molecule has 2 aromatic rings. The Labute approximate surface area is 112 Å². The van der Waals surface area contributed by atoms with Gasteiger partial charge >= 0.3 is 0 Å². The minimum absolute atomic E-state index is 0.00762. The van der Waals surface area contributed by atoms with Gasteiger partial charge in [0, 0.05) is 4.90 Å². The number of Topliss-reactive ketones (excluding diaryl/α,β-unsaturated/α-hetero) is 1. The van der Waals surface area contributed by atoms with Crippen molar-refractivity contribution in [3.05, 3.63) is 46.7 Å². The van der Waals surface area contributed by atoms with Crippen molar-refractivity contribution in [2.75, 3.05) is 12.9 Å². The Balaban J connectivity index is 2.10. The molecule has 0 aliphatic rings. The van der Waals surface area contributed by atoms with E-state index in [1.807, 2.05) is 11.4 Å². The first-order valence-corrected chi connectivity index (χ1v) is 7.49. The van der Waals surface area contributed by atoms with Crippen LogP contribution in [0.5, 0.6) is 5.75 Å². The molecule has 1 atom stereocenters. The monoisotopic (exact) mass is 280 g/mol. The molecule has 0 amide bonds. The first-order chi connectivity index (χ1) is 8.70. The molecule has 5 heteroatoms. The van der Waals surface area contributed by atoms with Crippen LogP contribution in [-0.4, -0.2) is 22.9 Å². The smallest absolute Gasteiger partial charge is 0.185 e. The number of ketones is 1. The summed E-state index contributed by atoms with van der Waals surface area (Å²) in [6.45, 7) is 0. The Morgan fingerprint density at radius 2 is 2.17 bits per heavy atom. The SMILES string of the molecule is COc1cccc(S(=O)CC(=O)c2cccs2)c1. The molecule has 0 spiro atoms. The van der Waals surface area contributed by atoms with Gasteiger partial charge in [0.1, 0.15) is 5.75 Å². The fraction of sp³-hybridized carbons (Fsp3) is 0.154. The van der Waals surface area contributed by atoms with E-state index >= 15 is 0 Å². The molecule has 1 heterocycles. The fourth-order valence-electron chi connectivity index (χ4n) is 1.45. The summed E-state index contributed by atoms with van der Waals surface area (Å²) in [5, 5.41) is 1.84. The van der Waals surface area contributed by atoms with Crippen molar-refractivity contribution in [3.8, 4) is 5.75 Å². The average Bonchev–Trinajstić information content (AvgIpc) is 2.92. The predicted octanol–water partition coefficient (Wildman–Crippen LogP) is 2.75. The molecule has 0 saturated carbocycles. The minimum atomic E-state index is -1.33. The molecule has 0 fully saturated rings. The highest BCUT2D eigenvalue weighted by molar-refractivity contribution is 7.85. The molecule has 2 rings (SSSR count). The lowest BCUT2D eigenvalue weighted by atomic mass is 10.3. The first-order valence-electron chi connectivity index (χ1n) is 5.30. The Morgan fingerprint density at radius 1 is 1.33 bits per heavy atom. The second kappa shape index (κ2) is 5.93. The fourth-order valence-corrected chi connectivity index (χ4v) is 3.25. The van der Waals surface area contributed by atoms with Gasteiger partial charge in [0.2, 0.25) is 0 Å². The summed E-state index contributed by atoms with van der Waals surface area (Å²) in [6.07, 6.45) is 0. The van der Waals surface area contributed by atoms with Crippen LogP contribution in [0.25, 0.3) is 0 Å². The number of benzene rings is 1. The number of carbonyl (C=O) groups excluding carboxylic acids is 1. The third-order valence-electron chi connectivity index (χ3n) is 2.36. The highest BCUT2D eigenvalue weighted by Gasteiger charge is 2.13. The lowest BCUT2D eigenvalue weighted by Crippen LogP contribution is -2.09. The standard InChI is InChI=1S/C13H12O3S2/c1-16-10-4-2-5-11(8-10)18(15)9-12(14)13-6-3-7-17-13/h2-8H,9H2,1H3. The van der Waals surface area contributed by atoms with Crippen molar-refractivity contribution in [2.24, 2.45) is 0 Å². The highest BCUT2D eigenvalue weighted by Crippen LogP contribution is 2.17. The molecule has 0 aliphatic heterocycles. The van der Waals surface area contributed by atoms with Gasteiger partial charge in [-0.3, -0.25) is 9.00 Å². The van der Waals surface area contributed by atoms with Gasteiger partial charge in [-0.25, -0.2) is 0 Å². The van der Waals surface area contributed by atoms with E-state index in [9.17, 15) is 9.00 Å². The molecule has 3 nitrogen and oxygen atoms in total.